The lowest BCUT2D eigenvalue weighted by atomic mass is 10.1. The number of aliphatic hydroxyl groups excluding tert-OH is 1. The van der Waals surface area contributed by atoms with Crippen LogP contribution in [0, 0.1) is 0 Å². The standard InChI is InChI=1S/C16H32N3O.BrH/c1-3-5-6-7-8-9-10-11-13-18-14-16(15-20)19(17-18)12-4-2;/h14,20H,3-13,15H2,1-2H3;1H/q+1;/p-1. The maximum absolute atomic E-state index is 9.30. The van der Waals surface area contributed by atoms with Gasteiger partial charge in [-0.1, -0.05) is 52.4 Å². The number of aliphatic hydroxyl groups is 1. The molecule has 1 N–H and O–H groups in total. The Hall–Kier alpha value is -0.420. The molecule has 0 saturated heterocycles. The van der Waals surface area contributed by atoms with Gasteiger partial charge in [0.1, 0.15) is 19.7 Å². The first kappa shape index (κ1) is 20.6. The van der Waals surface area contributed by atoms with E-state index in [1.54, 1.807) is 0 Å². The zero-order valence-electron chi connectivity index (χ0n) is 13.7. The Kier molecular flexibility index (Phi) is 13.0. The molecule has 1 rings (SSSR count). The van der Waals surface area contributed by atoms with Crippen molar-refractivity contribution in [2.75, 3.05) is 0 Å². The van der Waals surface area contributed by atoms with Crippen LogP contribution in [0.15, 0.2) is 6.20 Å². The van der Waals surface area contributed by atoms with E-state index < -0.39 is 0 Å². The van der Waals surface area contributed by atoms with Gasteiger partial charge in [0.2, 0.25) is 0 Å². The third-order valence-electron chi connectivity index (χ3n) is 3.69. The Morgan fingerprint density at radius 3 is 2.19 bits per heavy atom. The topological polar surface area (TPSA) is 41.9 Å². The van der Waals surface area contributed by atoms with Gasteiger partial charge in [0, 0.05) is 0 Å². The molecule has 4 nitrogen and oxygen atoms in total. The van der Waals surface area contributed by atoms with E-state index in [1.165, 1.54) is 51.4 Å². The molecule has 5 heteroatoms. The molecule has 124 valence electrons. The molecule has 0 aliphatic heterocycles. The quantitative estimate of drug-likeness (QED) is 0.427. The van der Waals surface area contributed by atoms with Crippen molar-refractivity contribution < 1.29 is 26.8 Å². The molecule has 1 aromatic heterocycles. The summed E-state index contributed by atoms with van der Waals surface area (Å²) in [7, 11) is 0. The van der Waals surface area contributed by atoms with Gasteiger partial charge in [-0.3, -0.25) is 0 Å². The van der Waals surface area contributed by atoms with Crippen LogP contribution in [0.25, 0.3) is 0 Å². The van der Waals surface area contributed by atoms with E-state index in [0.29, 0.717) is 0 Å². The first-order valence-electron chi connectivity index (χ1n) is 8.39. The van der Waals surface area contributed by atoms with Crippen molar-refractivity contribution in [3.63, 3.8) is 0 Å². The van der Waals surface area contributed by atoms with Crippen molar-refractivity contribution >= 4 is 0 Å². The fraction of sp³-hybridized carbons (Fsp3) is 0.875. The lowest BCUT2D eigenvalue weighted by Gasteiger charge is -1.99. The number of unbranched alkanes of at least 4 members (excludes halogenated alkanes) is 7. The molecule has 0 aromatic carbocycles. The van der Waals surface area contributed by atoms with Crippen LogP contribution in [0.1, 0.15) is 77.3 Å². The minimum Gasteiger partial charge on any atom is -1.00 e. The fourth-order valence-corrected chi connectivity index (χ4v) is 2.50. The summed E-state index contributed by atoms with van der Waals surface area (Å²) in [5.74, 6) is 0. The number of aryl methyl sites for hydroxylation is 2. The average Bonchev–Trinajstić information content (AvgIpc) is 2.84. The van der Waals surface area contributed by atoms with Crippen molar-refractivity contribution in [2.45, 2.75) is 91.3 Å². The van der Waals surface area contributed by atoms with Gasteiger partial charge < -0.3 is 22.1 Å². The van der Waals surface area contributed by atoms with E-state index in [-0.39, 0.29) is 23.6 Å². The predicted octanol–water partition coefficient (Wildman–Crippen LogP) is 0.218. The predicted molar refractivity (Wildman–Crippen MR) is 81.2 cm³/mol. The lowest BCUT2D eigenvalue weighted by Crippen LogP contribution is -3.00. The highest BCUT2D eigenvalue weighted by atomic mass is 79.9. The Morgan fingerprint density at radius 1 is 1.00 bits per heavy atom. The number of hydrogen-bond donors (Lipinski definition) is 1. The SMILES string of the molecule is CCCCCCCCCC[n+]1cc(CO)n(CCC)n1.[Br-]. The van der Waals surface area contributed by atoms with Gasteiger partial charge in [0.15, 0.2) is 11.9 Å². The van der Waals surface area contributed by atoms with Gasteiger partial charge in [-0.05, 0) is 19.3 Å². The molecule has 0 bridgehead atoms. The molecule has 0 atom stereocenters. The second-order valence-electron chi connectivity index (χ2n) is 5.63. The second kappa shape index (κ2) is 13.3. The van der Waals surface area contributed by atoms with E-state index >= 15 is 0 Å². The van der Waals surface area contributed by atoms with Crippen LogP contribution in [-0.4, -0.2) is 15.0 Å². The number of hydrogen-bond acceptors (Lipinski definition) is 2. The van der Waals surface area contributed by atoms with E-state index in [9.17, 15) is 5.11 Å². The van der Waals surface area contributed by atoms with E-state index in [1.807, 2.05) is 15.6 Å². The summed E-state index contributed by atoms with van der Waals surface area (Å²) in [6.45, 7) is 6.33. The van der Waals surface area contributed by atoms with Crippen molar-refractivity contribution in [3.05, 3.63) is 11.9 Å². The highest BCUT2D eigenvalue weighted by Crippen LogP contribution is 2.08. The van der Waals surface area contributed by atoms with Crippen molar-refractivity contribution in [1.82, 2.24) is 9.90 Å². The zero-order valence-corrected chi connectivity index (χ0v) is 15.3. The molecule has 0 amide bonds. The van der Waals surface area contributed by atoms with Gasteiger partial charge in [-0.2, -0.15) is 0 Å². The molecule has 0 aliphatic carbocycles. The summed E-state index contributed by atoms with van der Waals surface area (Å²) in [6, 6.07) is 0. The van der Waals surface area contributed by atoms with Crippen LogP contribution in [0.5, 0.6) is 0 Å². The number of rotatable bonds is 12. The van der Waals surface area contributed by atoms with Gasteiger partial charge in [0.25, 0.3) is 0 Å². The third-order valence-corrected chi connectivity index (χ3v) is 3.69. The Morgan fingerprint density at radius 2 is 1.62 bits per heavy atom. The molecule has 0 aliphatic rings. The van der Waals surface area contributed by atoms with E-state index in [2.05, 4.69) is 19.1 Å². The van der Waals surface area contributed by atoms with Gasteiger partial charge in [-0.25, -0.2) is 0 Å². The minimum absolute atomic E-state index is 0. The Bertz CT molecular complexity index is 355. The van der Waals surface area contributed by atoms with Crippen LogP contribution in [-0.2, 0) is 19.7 Å². The number of halogens is 1. The normalized spacial score (nSPS) is 10.6. The minimum atomic E-state index is 0. The first-order chi connectivity index (χ1) is 9.81. The van der Waals surface area contributed by atoms with Crippen molar-refractivity contribution in [1.29, 1.82) is 0 Å². The molecule has 1 heterocycles. The average molecular weight is 362 g/mol. The zero-order chi connectivity index (χ0) is 14.6. The van der Waals surface area contributed by atoms with Crippen LogP contribution in [0.3, 0.4) is 0 Å². The maximum Gasteiger partial charge on any atom is 0.192 e. The molecule has 0 fully saturated rings. The molecule has 0 saturated carbocycles. The molecule has 1 aromatic rings. The number of nitrogens with zero attached hydrogens (tertiary/aromatic N) is 3. The van der Waals surface area contributed by atoms with Crippen LogP contribution < -0.4 is 21.7 Å². The summed E-state index contributed by atoms with van der Waals surface area (Å²) in [5.41, 5.74) is 0.923. The monoisotopic (exact) mass is 361 g/mol. The highest BCUT2D eigenvalue weighted by molar-refractivity contribution is 4.87. The van der Waals surface area contributed by atoms with E-state index in [0.717, 1.165) is 25.2 Å². The van der Waals surface area contributed by atoms with Gasteiger partial charge in [-0.15, -0.1) is 9.36 Å². The highest BCUT2D eigenvalue weighted by Gasteiger charge is 2.13. The summed E-state index contributed by atoms with van der Waals surface area (Å²) in [6.07, 6.45) is 13.7. The largest absolute Gasteiger partial charge is 1.00 e. The molecule has 21 heavy (non-hydrogen) atoms. The molecule has 0 unspecified atom stereocenters. The second-order valence-corrected chi connectivity index (χ2v) is 5.63. The van der Waals surface area contributed by atoms with Crippen LogP contribution >= 0.6 is 0 Å². The maximum atomic E-state index is 9.30. The molecule has 0 radical (unpaired) electrons. The fourth-order valence-electron chi connectivity index (χ4n) is 2.50. The first-order valence-corrected chi connectivity index (χ1v) is 8.39. The molecular weight excluding hydrogens is 330 g/mol. The van der Waals surface area contributed by atoms with E-state index in [4.69, 9.17) is 0 Å². The van der Waals surface area contributed by atoms with Crippen LogP contribution in [0.4, 0.5) is 0 Å². The summed E-state index contributed by atoms with van der Waals surface area (Å²) in [5, 5.41) is 13.8. The smallest absolute Gasteiger partial charge is 0.192 e. The third kappa shape index (κ3) is 8.57. The number of aromatic nitrogens is 3. The summed E-state index contributed by atoms with van der Waals surface area (Å²) in [4.78, 5) is 0. The van der Waals surface area contributed by atoms with Gasteiger partial charge in [0.05, 0.1) is 5.21 Å². The van der Waals surface area contributed by atoms with Crippen LogP contribution in [0.2, 0.25) is 0 Å². The Labute approximate surface area is 140 Å². The molecule has 0 spiro atoms. The Balaban J connectivity index is 0.00000400. The summed E-state index contributed by atoms with van der Waals surface area (Å²) >= 11 is 0. The van der Waals surface area contributed by atoms with Crippen molar-refractivity contribution in [2.24, 2.45) is 0 Å². The van der Waals surface area contributed by atoms with Crippen molar-refractivity contribution in [3.8, 4) is 0 Å². The lowest BCUT2D eigenvalue weighted by molar-refractivity contribution is -0.755. The van der Waals surface area contributed by atoms with Gasteiger partial charge >= 0.3 is 0 Å². The summed E-state index contributed by atoms with van der Waals surface area (Å²) < 4.78 is 3.91. The molecular formula is C16H32BrN3O.